The van der Waals surface area contributed by atoms with E-state index in [2.05, 4.69) is 10.6 Å². The molecule has 0 aromatic heterocycles. The molecule has 1 aliphatic heterocycles. The monoisotopic (exact) mass is 118 g/mol. The van der Waals surface area contributed by atoms with Gasteiger partial charge in [-0.2, -0.15) is 0 Å². The van der Waals surface area contributed by atoms with Gasteiger partial charge in [0.2, 0.25) is 0 Å². The minimum absolute atomic E-state index is 0.511. The van der Waals surface area contributed by atoms with E-state index in [1.54, 1.807) is 0 Å². The molecule has 1 saturated heterocycles. The summed E-state index contributed by atoms with van der Waals surface area (Å²) in [5.41, 5.74) is 0. The van der Waals surface area contributed by atoms with Crippen LogP contribution < -0.4 is 10.6 Å². The van der Waals surface area contributed by atoms with Gasteiger partial charge in [0.1, 0.15) is 12.5 Å². The van der Waals surface area contributed by atoms with Crippen molar-refractivity contribution in [1.82, 2.24) is 10.6 Å². The molecule has 1 fully saturated rings. The van der Waals surface area contributed by atoms with Crippen molar-refractivity contribution < 1.29 is 10.2 Å². The van der Waals surface area contributed by atoms with Gasteiger partial charge in [-0.15, -0.1) is 0 Å². The fraction of sp³-hybridized carbons (Fsp3) is 1.00. The van der Waals surface area contributed by atoms with Crippen LogP contribution in [0.4, 0.5) is 0 Å². The number of aliphatic hydroxyl groups excluding tert-OH is 2. The molecule has 1 rings (SSSR count). The Bertz CT molecular complexity index is 70.4. The van der Waals surface area contributed by atoms with Gasteiger partial charge in [-0.05, 0) is 0 Å². The summed E-state index contributed by atoms with van der Waals surface area (Å²) in [5, 5.41) is 22.8. The van der Waals surface area contributed by atoms with Crippen molar-refractivity contribution >= 4 is 0 Å². The highest BCUT2D eigenvalue weighted by atomic mass is 16.3. The average molecular weight is 118 g/mol. The molecule has 0 saturated carbocycles. The van der Waals surface area contributed by atoms with Crippen LogP contribution in [0.2, 0.25) is 0 Å². The zero-order valence-electron chi connectivity index (χ0n) is 4.46. The first kappa shape index (κ1) is 5.97. The molecule has 0 aliphatic carbocycles. The fourth-order valence-electron chi connectivity index (χ4n) is 0.697. The SMILES string of the molecule is OC1CNCC(O)N1. The molecule has 0 radical (unpaired) electrons. The van der Waals surface area contributed by atoms with Gasteiger partial charge in [0.05, 0.1) is 0 Å². The van der Waals surface area contributed by atoms with E-state index in [0.29, 0.717) is 13.1 Å². The van der Waals surface area contributed by atoms with Crippen molar-refractivity contribution in [2.75, 3.05) is 13.1 Å². The summed E-state index contributed by atoms with van der Waals surface area (Å²) < 4.78 is 0. The lowest BCUT2D eigenvalue weighted by Crippen LogP contribution is -2.54. The molecule has 4 N–H and O–H groups in total. The Morgan fingerprint density at radius 1 is 1.12 bits per heavy atom. The first-order valence-electron chi connectivity index (χ1n) is 2.62. The lowest BCUT2D eigenvalue weighted by Gasteiger charge is -2.24. The number of nitrogens with one attached hydrogen (secondary N) is 2. The van der Waals surface area contributed by atoms with E-state index < -0.39 is 12.5 Å². The van der Waals surface area contributed by atoms with E-state index in [1.807, 2.05) is 0 Å². The Balaban J connectivity index is 2.23. The minimum Gasteiger partial charge on any atom is -0.377 e. The van der Waals surface area contributed by atoms with Crippen molar-refractivity contribution in [3.63, 3.8) is 0 Å². The summed E-state index contributed by atoms with van der Waals surface area (Å²) in [6.07, 6.45) is -1.20. The molecule has 4 nitrogen and oxygen atoms in total. The van der Waals surface area contributed by atoms with Crippen LogP contribution in [0.15, 0.2) is 0 Å². The molecule has 1 heterocycles. The first-order chi connectivity index (χ1) is 3.79. The van der Waals surface area contributed by atoms with Crippen LogP contribution in [0.5, 0.6) is 0 Å². The maximum Gasteiger partial charge on any atom is 0.119 e. The van der Waals surface area contributed by atoms with E-state index in [4.69, 9.17) is 10.2 Å². The Morgan fingerprint density at radius 2 is 1.62 bits per heavy atom. The number of hydrogen-bond acceptors (Lipinski definition) is 4. The van der Waals surface area contributed by atoms with Crippen LogP contribution in [0.1, 0.15) is 0 Å². The van der Waals surface area contributed by atoms with Crippen molar-refractivity contribution in [3.05, 3.63) is 0 Å². The third kappa shape index (κ3) is 1.41. The summed E-state index contributed by atoms with van der Waals surface area (Å²) >= 11 is 0. The summed E-state index contributed by atoms with van der Waals surface area (Å²) in [6, 6.07) is 0. The van der Waals surface area contributed by atoms with Crippen LogP contribution in [-0.4, -0.2) is 35.8 Å². The van der Waals surface area contributed by atoms with Crippen LogP contribution in [0.3, 0.4) is 0 Å². The van der Waals surface area contributed by atoms with Crippen LogP contribution >= 0.6 is 0 Å². The molecule has 8 heavy (non-hydrogen) atoms. The topological polar surface area (TPSA) is 64.5 Å². The number of piperazine rings is 1. The molecule has 2 atom stereocenters. The largest absolute Gasteiger partial charge is 0.377 e. The third-order valence-corrected chi connectivity index (χ3v) is 1.06. The highest BCUT2D eigenvalue weighted by Crippen LogP contribution is 1.85. The first-order valence-corrected chi connectivity index (χ1v) is 2.62. The molecule has 0 aromatic rings. The van der Waals surface area contributed by atoms with Gasteiger partial charge in [0.25, 0.3) is 0 Å². The van der Waals surface area contributed by atoms with E-state index >= 15 is 0 Å². The van der Waals surface area contributed by atoms with E-state index in [9.17, 15) is 0 Å². The maximum absolute atomic E-state index is 8.75. The molecule has 0 spiro atoms. The predicted molar refractivity (Wildman–Crippen MR) is 28.0 cm³/mol. The molecule has 0 bridgehead atoms. The highest BCUT2D eigenvalue weighted by molar-refractivity contribution is 4.68. The number of hydrogen-bond donors (Lipinski definition) is 4. The lowest BCUT2D eigenvalue weighted by molar-refractivity contribution is 0.0166. The Kier molecular flexibility index (Phi) is 1.80. The zero-order valence-corrected chi connectivity index (χ0v) is 4.46. The van der Waals surface area contributed by atoms with E-state index in [-0.39, 0.29) is 0 Å². The van der Waals surface area contributed by atoms with Gasteiger partial charge in [0, 0.05) is 13.1 Å². The summed E-state index contributed by atoms with van der Waals surface area (Å²) in [5.74, 6) is 0. The smallest absolute Gasteiger partial charge is 0.119 e. The molecule has 2 unspecified atom stereocenters. The van der Waals surface area contributed by atoms with Crippen molar-refractivity contribution in [2.45, 2.75) is 12.5 Å². The van der Waals surface area contributed by atoms with E-state index in [1.165, 1.54) is 0 Å². The second-order valence-corrected chi connectivity index (χ2v) is 1.86. The van der Waals surface area contributed by atoms with Crippen LogP contribution in [0, 0.1) is 0 Å². The standard InChI is InChI=1S/C4H10N2O2/c7-3-1-5-2-4(8)6-3/h3-8H,1-2H2. The molecule has 0 aromatic carbocycles. The third-order valence-electron chi connectivity index (χ3n) is 1.06. The van der Waals surface area contributed by atoms with Crippen molar-refractivity contribution in [1.29, 1.82) is 0 Å². The van der Waals surface area contributed by atoms with Crippen LogP contribution in [-0.2, 0) is 0 Å². The van der Waals surface area contributed by atoms with Gasteiger partial charge < -0.3 is 15.5 Å². The second kappa shape index (κ2) is 2.41. The Morgan fingerprint density at radius 3 is 1.88 bits per heavy atom. The summed E-state index contributed by atoms with van der Waals surface area (Å²) in [6.45, 7) is 1.02. The molecular formula is C4H10N2O2. The maximum atomic E-state index is 8.75. The second-order valence-electron chi connectivity index (χ2n) is 1.86. The quantitative estimate of drug-likeness (QED) is 0.292. The van der Waals surface area contributed by atoms with E-state index in [0.717, 1.165) is 0 Å². The van der Waals surface area contributed by atoms with Gasteiger partial charge in [-0.25, -0.2) is 0 Å². The Hall–Kier alpha value is -0.160. The van der Waals surface area contributed by atoms with Gasteiger partial charge in [-0.3, -0.25) is 5.32 Å². The molecule has 48 valence electrons. The molecule has 0 amide bonds. The highest BCUT2D eigenvalue weighted by Gasteiger charge is 2.14. The van der Waals surface area contributed by atoms with Crippen LogP contribution in [0.25, 0.3) is 0 Å². The zero-order chi connectivity index (χ0) is 5.98. The van der Waals surface area contributed by atoms with Crippen molar-refractivity contribution in [3.8, 4) is 0 Å². The number of β-amino-alcohol motifs (C(OH)–C–C–N with tert-alkyl or cyclic N) is 2. The van der Waals surface area contributed by atoms with Gasteiger partial charge in [0.15, 0.2) is 0 Å². The normalized spacial score (nSPS) is 39.8. The lowest BCUT2D eigenvalue weighted by atomic mass is 10.4. The fourth-order valence-corrected chi connectivity index (χ4v) is 0.697. The average Bonchev–Trinajstić information content (AvgIpc) is 1.64. The number of aliphatic hydroxyl groups is 2. The Labute approximate surface area is 47.5 Å². The summed E-state index contributed by atoms with van der Waals surface area (Å²) in [7, 11) is 0. The molecule has 4 heteroatoms. The predicted octanol–water partition coefficient (Wildman–Crippen LogP) is -2.18. The van der Waals surface area contributed by atoms with Gasteiger partial charge >= 0.3 is 0 Å². The number of rotatable bonds is 0. The molecule has 1 aliphatic rings. The van der Waals surface area contributed by atoms with Gasteiger partial charge in [-0.1, -0.05) is 0 Å². The summed E-state index contributed by atoms with van der Waals surface area (Å²) in [4.78, 5) is 0. The van der Waals surface area contributed by atoms with Crippen molar-refractivity contribution in [2.24, 2.45) is 0 Å². The molecular weight excluding hydrogens is 108 g/mol. The minimum atomic E-state index is -0.598.